The third-order valence-corrected chi connectivity index (χ3v) is 4.95. The molecule has 1 heterocycles. The smallest absolute Gasteiger partial charge is 0.321 e. The van der Waals surface area contributed by atoms with Gasteiger partial charge in [-0.1, -0.05) is 12.1 Å². The molecule has 1 aromatic heterocycles. The SMILES string of the molecule is COc1cc(N(C)S(=O)(=O)c2ccc(C(F)F)cc2)nc(OC)n1. The third-order valence-electron chi connectivity index (χ3n) is 3.17. The number of aromatic nitrogens is 2. The molecule has 0 bridgehead atoms. The van der Waals surface area contributed by atoms with Gasteiger partial charge < -0.3 is 9.47 Å². The van der Waals surface area contributed by atoms with Crippen molar-refractivity contribution < 1.29 is 26.7 Å². The van der Waals surface area contributed by atoms with Gasteiger partial charge in [0.05, 0.1) is 19.1 Å². The highest BCUT2D eigenvalue weighted by atomic mass is 32.2. The van der Waals surface area contributed by atoms with Crippen LogP contribution in [-0.4, -0.2) is 39.7 Å². The van der Waals surface area contributed by atoms with Crippen LogP contribution in [0.25, 0.3) is 0 Å². The van der Waals surface area contributed by atoms with Crippen LogP contribution in [0.15, 0.2) is 35.2 Å². The van der Waals surface area contributed by atoms with Gasteiger partial charge in [0.1, 0.15) is 0 Å². The van der Waals surface area contributed by atoms with Crippen molar-refractivity contribution in [1.29, 1.82) is 0 Å². The molecule has 0 unspecified atom stereocenters. The Balaban J connectivity index is 2.41. The molecule has 7 nitrogen and oxygen atoms in total. The van der Waals surface area contributed by atoms with Crippen LogP contribution in [0, 0.1) is 0 Å². The molecular weight excluding hydrogens is 344 g/mol. The molecule has 0 fully saturated rings. The second kappa shape index (κ2) is 6.95. The number of anilines is 1. The van der Waals surface area contributed by atoms with Crippen LogP contribution >= 0.6 is 0 Å². The van der Waals surface area contributed by atoms with E-state index in [0.717, 1.165) is 28.6 Å². The first-order chi connectivity index (χ1) is 11.3. The first kappa shape index (κ1) is 17.9. The second-order valence-electron chi connectivity index (χ2n) is 4.60. The van der Waals surface area contributed by atoms with E-state index in [-0.39, 0.29) is 28.2 Å². The third kappa shape index (κ3) is 3.53. The molecule has 0 N–H and O–H groups in total. The Labute approximate surface area is 137 Å². The van der Waals surface area contributed by atoms with E-state index in [2.05, 4.69) is 9.97 Å². The van der Waals surface area contributed by atoms with Gasteiger partial charge in [-0.05, 0) is 12.1 Å². The van der Waals surface area contributed by atoms with E-state index in [1.54, 1.807) is 0 Å². The van der Waals surface area contributed by atoms with Crippen LogP contribution in [0.1, 0.15) is 12.0 Å². The molecule has 0 atom stereocenters. The molecule has 0 amide bonds. The molecule has 130 valence electrons. The number of sulfonamides is 1. The number of hydrogen-bond donors (Lipinski definition) is 0. The normalized spacial score (nSPS) is 11.4. The first-order valence-electron chi connectivity index (χ1n) is 6.63. The van der Waals surface area contributed by atoms with Gasteiger partial charge in [-0.25, -0.2) is 17.2 Å². The van der Waals surface area contributed by atoms with E-state index >= 15 is 0 Å². The molecule has 0 radical (unpaired) electrons. The van der Waals surface area contributed by atoms with E-state index in [1.165, 1.54) is 27.3 Å². The Morgan fingerprint density at radius 3 is 2.21 bits per heavy atom. The standard InChI is InChI=1S/C14H15F2N3O4S/c1-19(11-8-12(22-2)18-14(17-11)23-3)24(20,21)10-6-4-9(5-7-10)13(15)16/h4-8,13H,1-3H3. The van der Waals surface area contributed by atoms with Gasteiger partial charge in [0.25, 0.3) is 16.4 Å². The number of rotatable bonds is 6. The fraction of sp³-hybridized carbons (Fsp3) is 0.286. The lowest BCUT2D eigenvalue weighted by Gasteiger charge is -2.19. The van der Waals surface area contributed by atoms with Crippen molar-refractivity contribution in [2.24, 2.45) is 0 Å². The molecule has 0 aliphatic carbocycles. The van der Waals surface area contributed by atoms with Crippen LogP contribution < -0.4 is 13.8 Å². The highest BCUT2D eigenvalue weighted by Gasteiger charge is 2.24. The maximum Gasteiger partial charge on any atom is 0.321 e. The summed E-state index contributed by atoms with van der Waals surface area (Å²) in [7, 11) is -0.0284. The summed E-state index contributed by atoms with van der Waals surface area (Å²) >= 11 is 0. The summed E-state index contributed by atoms with van der Waals surface area (Å²) in [4.78, 5) is 7.68. The lowest BCUT2D eigenvalue weighted by molar-refractivity contribution is 0.151. The minimum Gasteiger partial charge on any atom is -0.481 e. The summed E-state index contributed by atoms with van der Waals surface area (Å²) in [6, 6.07) is 5.60. The first-order valence-corrected chi connectivity index (χ1v) is 8.07. The van der Waals surface area contributed by atoms with Crippen molar-refractivity contribution in [3.8, 4) is 11.9 Å². The van der Waals surface area contributed by atoms with Crippen LogP contribution in [0.3, 0.4) is 0 Å². The van der Waals surface area contributed by atoms with Gasteiger partial charge in [0, 0.05) is 18.7 Å². The minimum absolute atomic E-state index is 0.0108. The van der Waals surface area contributed by atoms with Crippen molar-refractivity contribution in [2.45, 2.75) is 11.3 Å². The summed E-state index contributed by atoms with van der Waals surface area (Å²) in [5, 5.41) is 0. The number of nitrogens with zero attached hydrogens (tertiary/aromatic N) is 3. The Hall–Kier alpha value is -2.49. The number of hydrogen-bond acceptors (Lipinski definition) is 6. The summed E-state index contributed by atoms with van der Waals surface area (Å²) in [6.45, 7) is 0. The maximum atomic E-state index is 12.6. The van der Waals surface area contributed by atoms with Gasteiger partial charge in [0.2, 0.25) is 5.88 Å². The summed E-state index contributed by atoms with van der Waals surface area (Å²) in [6.07, 6.45) is -2.67. The van der Waals surface area contributed by atoms with Gasteiger partial charge in [-0.3, -0.25) is 4.31 Å². The number of halogens is 2. The lowest BCUT2D eigenvalue weighted by Crippen LogP contribution is -2.27. The van der Waals surface area contributed by atoms with Crippen molar-refractivity contribution in [2.75, 3.05) is 25.6 Å². The number of alkyl halides is 2. The molecule has 2 rings (SSSR count). The Kier molecular flexibility index (Phi) is 5.17. The monoisotopic (exact) mass is 359 g/mol. The van der Waals surface area contributed by atoms with Crippen LogP contribution in [0.5, 0.6) is 11.9 Å². The van der Waals surface area contributed by atoms with E-state index < -0.39 is 16.4 Å². The molecule has 10 heteroatoms. The molecule has 0 aliphatic rings. The fourth-order valence-electron chi connectivity index (χ4n) is 1.82. The van der Waals surface area contributed by atoms with E-state index in [0.29, 0.717) is 0 Å². The average molecular weight is 359 g/mol. The summed E-state index contributed by atoms with van der Waals surface area (Å²) in [5.41, 5.74) is -0.262. The Morgan fingerprint density at radius 2 is 1.71 bits per heavy atom. The van der Waals surface area contributed by atoms with Crippen LogP contribution in [0.4, 0.5) is 14.6 Å². The average Bonchev–Trinajstić information content (AvgIpc) is 2.60. The predicted octanol–water partition coefficient (Wildman–Crippen LogP) is 2.26. The molecule has 24 heavy (non-hydrogen) atoms. The second-order valence-corrected chi connectivity index (χ2v) is 6.57. The highest BCUT2D eigenvalue weighted by Crippen LogP contribution is 2.26. The van der Waals surface area contributed by atoms with E-state index in [1.807, 2.05) is 0 Å². The van der Waals surface area contributed by atoms with Gasteiger partial charge in [-0.2, -0.15) is 9.97 Å². The van der Waals surface area contributed by atoms with Crippen molar-refractivity contribution in [3.05, 3.63) is 35.9 Å². The zero-order valence-electron chi connectivity index (χ0n) is 13.1. The quantitative estimate of drug-likeness (QED) is 0.787. The zero-order chi connectivity index (χ0) is 17.9. The minimum atomic E-state index is -4.00. The van der Waals surface area contributed by atoms with Gasteiger partial charge in [-0.15, -0.1) is 0 Å². The van der Waals surface area contributed by atoms with Gasteiger partial charge >= 0.3 is 6.01 Å². The van der Waals surface area contributed by atoms with E-state index in [4.69, 9.17) is 9.47 Å². The van der Waals surface area contributed by atoms with E-state index in [9.17, 15) is 17.2 Å². The van der Waals surface area contributed by atoms with Crippen LogP contribution in [0.2, 0.25) is 0 Å². The lowest BCUT2D eigenvalue weighted by atomic mass is 10.2. The fourth-order valence-corrected chi connectivity index (χ4v) is 2.95. The number of ether oxygens (including phenoxy) is 2. The molecule has 0 aliphatic heterocycles. The Bertz CT molecular complexity index is 791. The molecule has 0 saturated carbocycles. The predicted molar refractivity (Wildman–Crippen MR) is 82.1 cm³/mol. The molecule has 0 saturated heterocycles. The summed E-state index contributed by atoms with van der Waals surface area (Å²) in [5.74, 6) is 0.128. The molecular formula is C14H15F2N3O4S. The molecule has 1 aromatic carbocycles. The summed E-state index contributed by atoms with van der Waals surface area (Å²) < 4.78 is 61.1. The molecule has 0 spiro atoms. The zero-order valence-corrected chi connectivity index (χ0v) is 13.9. The van der Waals surface area contributed by atoms with Crippen molar-refractivity contribution in [1.82, 2.24) is 9.97 Å². The van der Waals surface area contributed by atoms with Crippen molar-refractivity contribution in [3.63, 3.8) is 0 Å². The maximum absolute atomic E-state index is 12.6. The highest BCUT2D eigenvalue weighted by molar-refractivity contribution is 7.92. The topological polar surface area (TPSA) is 81.6 Å². The van der Waals surface area contributed by atoms with Gasteiger partial charge in [0.15, 0.2) is 5.82 Å². The Morgan fingerprint density at radius 1 is 1.08 bits per heavy atom. The molecule has 2 aromatic rings. The largest absolute Gasteiger partial charge is 0.481 e. The van der Waals surface area contributed by atoms with Crippen LogP contribution in [-0.2, 0) is 10.0 Å². The number of benzene rings is 1. The number of methoxy groups -OCH3 is 2. The van der Waals surface area contributed by atoms with Crippen molar-refractivity contribution >= 4 is 15.8 Å².